The van der Waals surface area contributed by atoms with Crippen molar-refractivity contribution >= 4 is 12.1 Å². The lowest BCUT2D eigenvalue weighted by molar-refractivity contribution is 0.193. The number of benzene rings is 1. The van der Waals surface area contributed by atoms with Crippen LogP contribution < -0.4 is 10.6 Å². The van der Waals surface area contributed by atoms with E-state index in [1.54, 1.807) is 25.3 Å². The van der Waals surface area contributed by atoms with Gasteiger partial charge < -0.3 is 15.4 Å². The van der Waals surface area contributed by atoms with Gasteiger partial charge in [0.05, 0.1) is 0 Å². The molecule has 2 N–H and O–H groups in total. The zero-order valence-electron chi connectivity index (χ0n) is 10.3. The molecule has 0 saturated carbocycles. The van der Waals surface area contributed by atoms with E-state index in [4.69, 9.17) is 4.74 Å². The Kier molecular flexibility index (Phi) is 6.50. The molecule has 0 bridgehead atoms. The third kappa shape index (κ3) is 5.45. The molecule has 0 heterocycles. The monoisotopic (exact) mass is 252 g/mol. The van der Waals surface area contributed by atoms with Gasteiger partial charge in [0, 0.05) is 32.0 Å². The van der Waals surface area contributed by atoms with Crippen LogP contribution in [0.3, 0.4) is 0 Å². The molecule has 1 rings (SSSR count). The first kappa shape index (κ1) is 14.2. The lowest BCUT2D eigenvalue weighted by atomic mass is 10.2. The molecular weight excluding hydrogens is 235 g/mol. The van der Waals surface area contributed by atoms with E-state index in [-0.39, 0.29) is 11.8 Å². The predicted molar refractivity (Wildman–Crippen MR) is 68.5 cm³/mol. The van der Waals surface area contributed by atoms with Gasteiger partial charge >= 0.3 is 6.03 Å². The number of rotatable bonds is 6. The molecule has 1 aromatic rings. The second-order valence-electron chi connectivity index (χ2n) is 3.60. The van der Waals surface area contributed by atoms with Crippen LogP contribution in [0.2, 0.25) is 0 Å². The minimum atomic E-state index is -0.323. The predicted octanol–water partition coefficient (Wildman–Crippen LogP) is 2.13. The lowest BCUT2D eigenvalue weighted by Gasteiger charge is -2.03. The number of hydrogen-bond donors (Lipinski definition) is 2. The van der Waals surface area contributed by atoms with Crippen molar-refractivity contribution in [3.63, 3.8) is 0 Å². The number of methoxy groups -OCH3 is 1. The van der Waals surface area contributed by atoms with Gasteiger partial charge in [0.15, 0.2) is 0 Å². The summed E-state index contributed by atoms with van der Waals surface area (Å²) in [4.78, 5) is 11.3. The average molecular weight is 252 g/mol. The number of amides is 2. The maximum Gasteiger partial charge on any atom is 0.318 e. The molecule has 0 spiro atoms. The molecule has 0 unspecified atom stereocenters. The number of ether oxygens (including phenoxy) is 1. The van der Waals surface area contributed by atoms with Crippen LogP contribution in [-0.2, 0) is 4.74 Å². The van der Waals surface area contributed by atoms with Crippen molar-refractivity contribution < 1.29 is 13.9 Å². The molecule has 2 amide bonds. The molecule has 0 radical (unpaired) electrons. The van der Waals surface area contributed by atoms with Crippen molar-refractivity contribution in [3.05, 3.63) is 41.8 Å². The third-order valence-electron chi connectivity index (χ3n) is 2.19. The topological polar surface area (TPSA) is 50.4 Å². The van der Waals surface area contributed by atoms with E-state index in [0.29, 0.717) is 18.7 Å². The van der Waals surface area contributed by atoms with Gasteiger partial charge in [-0.2, -0.15) is 0 Å². The SMILES string of the molecule is COCCCNC(=O)N/C=C/c1ccccc1F. The van der Waals surface area contributed by atoms with Gasteiger partial charge in [-0.15, -0.1) is 0 Å². The van der Waals surface area contributed by atoms with E-state index in [0.717, 1.165) is 6.42 Å². The van der Waals surface area contributed by atoms with Gasteiger partial charge in [-0.05, 0) is 18.6 Å². The summed E-state index contributed by atoms with van der Waals surface area (Å²) in [6.45, 7) is 1.14. The van der Waals surface area contributed by atoms with Gasteiger partial charge in [-0.1, -0.05) is 18.2 Å². The smallest absolute Gasteiger partial charge is 0.318 e. The maximum atomic E-state index is 13.2. The zero-order chi connectivity index (χ0) is 13.2. The Hall–Kier alpha value is -1.88. The lowest BCUT2D eigenvalue weighted by Crippen LogP contribution is -2.33. The first-order valence-corrected chi connectivity index (χ1v) is 5.68. The van der Waals surface area contributed by atoms with E-state index in [9.17, 15) is 9.18 Å². The van der Waals surface area contributed by atoms with Gasteiger partial charge in [-0.3, -0.25) is 0 Å². The number of nitrogens with one attached hydrogen (secondary N) is 2. The largest absolute Gasteiger partial charge is 0.385 e. The molecule has 0 saturated heterocycles. The van der Waals surface area contributed by atoms with Crippen LogP contribution in [0.5, 0.6) is 0 Å². The number of urea groups is 1. The molecule has 5 heteroatoms. The van der Waals surface area contributed by atoms with Crippen molar-refractivity contribution in [2.75, 3.05) is 20.3 Å². The molecule has 0 aliphatic carbocycles. The summed E-state index contributed by atoms with van der Waals surface area (Å²) in [5.74, 6) is -0.323. The van der Waals surface area contributed by atoms with Crippen LogP contribution in [0.25, 0.3) is 6.08 Å². The van der Waals surface area contributed by atoms with E-state index >= 15 is 0 Å². The van der Waals surface area contributed by atoms with Crippen molar-refractivity contribution in [2.45, 2.75) is 6.42 Å². The molecular formula is C13H17FN2O2. The number of carbonyl (C=O) groups is 1. The Morgan fingerprint density at radius 2 is 2.22 bits per heavy atom. The van der Waals surface area contributed by atoms with Crippen LogP contribution >= 0.6 is 0 Å². The van der Waals surface area contributed by atoms with Crippen LogP contribution in [0, 0.1) is 5.82 Å². The van der Waals surface area contributed by atoms with E-state index in [1.807, 2.05) is 0 Å². The molecule has 98 valence electrons. The highest BCUT2D eigenvalue weighted by Crippen LogP contribution is 2.07. The Bertz CT molecular complexity index is 408. The number of hydrogen-bond acceptors (Lipinski definition) is 2. The van der Waals surface area contributed by atoms with E-state index in [2.05, 4.69) is 10.6 Å². The number of carbonyl (C=O) groups excluding carboxylic acids is 1. The van der Waals surface area contributed by atoms with Gasteiger partial charge in [0.1, 0.15) is 5.82 Å². The van der Waals surface area contributed by atoms with Crippen LogP contribution in [-0.4, -0.2) is 26.3 Å². The molecule has 0 fully saturated rings. The first-order chi connectivity index (χ1) is 8.74. The highest BCUT2D eigenvalue weighted by molar-refractivity contribution is 5.75. The third-order valence-corrected chi connectivity index (χ3v) is 2.19. The second kappa shape index (κ2) is 8.25. The number of halogens is 1. The maximum absolute atomic E-state index is 13.2. The van der Waals surface area contributed by atoms with Crippen LogP contribution in [0.15, 0.2) is 30.5 Å². The normalized spacial score (nSPS) is 10.6. The molecule has 0 atom stereocenters. The summed E-state index contributed by atoms with van der Waals surface area (Å²) < 4.78 is 18.1. The van der Waals surface area contributed by atoms with Gasteiger partial charge in [0.25, 0.3) is 0 Å². The summed E-state index contributed by atoms with van der Waals surface area (Å²) in [5.41, 5.74) is 0.428. The summed E-state index contributed by atoms with van der Waals surface area (Å²) in [5, 5.41) is 5.14. The average Bonchev–Trinajstić information content (AvgIpc) is 2.37. The fourth-order valence-electron chi connectivity index (χ4n) is 1.29. The van der Waals surface area contributed by atoms with Crippen molar-refractivity contribution in [1.82, 2.24) is 10.6 Å². The molecule has 0 aliphatic rings. The van der Waals surface area contributed by atoms with Crippen LogP contribution in [0.1, 0.15) is 12.0 Å². The molecule has 0 aromatic heterocycles. The highest BCUT2D eigenvalue weighted by Gasteiger charge is 1.97. The van der Waals surface area contributed by atoms with Crippen LogP contribution in [0.4, 0.5) is 9.18 Å². The van der Waals surface area contributed by atoms with Gasteiger partial charge in [-0.25, -0.2) is 9.18 Å². The molecule has 18 heavy (non-hydrogen) atoms. The Morgan fingerprint density at radius 3 is 2.94 bits per heavy atom. The van der Waals surface area contributed by atoms with Crippen molar-refractivity contribution in [3.8, 4) is 0 Å². The second-order valence-corrected chi connectivity index (χ2v) is 3.60. The zero-order valence-corrected chi connectivity index (χ0v) is 10.3. The first-order valence-electron chi connectivity index (χ1n) is 5.68. The fourth-order valence-corrected chi connectivity index (χ4v) is 1.29. The van der Waals surface area contributed by atoms with Gasteiger partial charge in [0.2, 0.25) is 0 Å². The van der Waals surface area contributed by atoms with Crippen molar-refractivity contribution in [2.24, 2.45) is 0 Å². The Morgan fingerprint density at radius 1 is 1.44 bits per heavy atom. The standard InChI is InChI=1S/C13H17FN2O2/c1-18-10-4-8-15-13(17)16-9-7-11-5-2-3-6-12(11)14/h2-3,5-7,9H,4,8,10H2,1H3,(H2,15,16,17)/b9-7+. The molecule has 4 nitrogen and oxygen atoms in total. The Balaban J connectivity index is 2.28. The fraction of sp³-hybridized carbons (Fsp3) is 0.308. The summed E-state index contributed by atoms with van der Waals surface area (Å²) in [7, 11) is 1.61. The molecule has 0 aliphatic heterocycles. The van der Waals surface area contributed by atoms with E-state index in [1.165, 1.54) is 18.3 Å². The summed E-state index contributed by atoms with van der Waals surface area (Å²) in [6.07, 6.45) is 3.66. The Labute approximate surface area is 106 Å². The minimum absolute atomic E-state index is 0.321. The minimum Gasteiger partial charge on any atom is -0.385 e. The summed E-state index contributed by atoms with van der Waals surface area (Å²) >= 11 is 0. The van der Waals surface area contributed by atoms with E-state index < -0.39 is 0 Å². The molecule has 1 aromatic carbocycles. The highest BCUT2D eigenvalue weighted by atomic mass is 19.1. The quantitative estimate of drug-likeness (QED) is 0.762. The van der Waals surface area contributed by atoms with Crippen molar-refractivity contribution in [1.29, 1.82) is 0 Å². The summed E-state index contributed by atoms with van der Waals surface area (Å²) in [6, 6.07) is 6.02.